The van der Waals surface area contributed by atoms with Gasteiger partial charge in [-0.25, -0.2) is 0 Å². The van der Waals surface area contributed by atoms with Gasteiger partial charge in [-0.15, -0.1) is 0 Å². The molecule has 0 aromatic heterocycles. The van der Waals surface area contributed by atoms with Gasteiger partial charge in [-0.3, -0.25) is 14.5 Å². The van der Waals surface area contributed by atoms with Crippen LogP contribution >= 0.6 is 0 Å². The molecule has 1 aliphatic carbocycles. The summed E-state index contributed by atoms with van der Waals surface area (Å²) in [5.74, 6) is 0.962. The molecule has 31 heavy (non-hydrogen) atoms. The van der Waals surface area contributed by atoms with Gasteiger partial charge in [0.2, 0.25) is 0 Å². The van der Waals surface area contributed by atoms with Crippen molar-refractivity contribution in [3.8, 4) is 11.5 Å². The molecule has 1 saturated heterocycles. The zero-order chi connectivity index (χ0) is 22.3. The second-order valence-corrected chi connectivity index (χ2v) is 9.27. The molecule has 0 N–H and O–H groups in total. The molecule has 0 radical (unpaired) electrons. The summed E-state index contributed by atoms with van der Waals surface area (Å²) in [4.78, 5) is 26.1. The molecule has 5 atom stereocenters. The Kier molecular flexibility index (Phi) is 5.90. The molecule has 170 valence electrons. The average Bonchev–Trinajstić information content (AvgIpc) is 2.72. The van der Waals surface area contributed by atoms with Crippen LogP contribution in [0, 0.1) is 5.41 Å². The normalized spacial score (nSPS) is 32.2. The Hall–Kier alpha value is -2.28. The topological polar surface area (TPSA) is 74.3 Å². The lowest BCUT2D eigenvalue weighted by atomic mass is 9.61. The second-order valence-electron chi connectivity index (χ2n) is 9.27. The number of carbonyl (C=O) groups is 2. The number of hydrogen-bond donors (Lipinski definition) is 0. The molecule has 0 amide bonds. The molecule has 2 aliphatic heterocycles. The number of nitrogens with zero attached hydrogens (tertiary/aromatic N) is 1. The summed E-state index contributed by atoms with van der Waals surface area (Å²) in [7, 11) is 3.30. The van der Waals surface area contributed by atoms with E-state index in [9.17, 15) is 9.59 Å². The fourth-order valence-electron chi connectivity index (χ4n) is 6.04. The van der Waals surface area contributed by atoms with Crippen LogP contribution < -0.4 is 9.47 Å². The Labute approximate surface area is 184 Å². The summed E-state index contributed by atoms with van der Waals surface area (Å²) in [5, 5.41) is 0. The minimum absolute atomic E-state index is 0.0981. The van der Waals surface area contributed by atoms with Crippen molar-refractivity contribution >= 4 is 11.9 Å². The molecule has 0 spiro atoms. The lowest BCUT2D eigenvalue weighted by Crippen LogP contribution is -2.63. The Morgan fingerprint density at radius 3 is 2.35 bits per heavy atom. The molecular formula is C24H33NO6. The van der Waals surface area contributed by atoms with Crippen molar-refractivity contribution in [1.82, 2.24) is 4.90 Å². The van der Waals surface area contributed by atoms with E-state index < -0.39 is 0 Å². The number of benzene rings is 1. The van der Waals surface area contributed by atoms with Crippen molar-refractivity contribution in [3.63, 3.8) is 0 Å². The van der Waals surface area contributed by atoms with Gasteiger partial charge in [-0.2, -0.15) is 0 Å². The minimum Gasteiger partial charge on any atom is -0.493 e. The first-order valence-electron chi connectivity index (χ1n) is 11.1. The van der Waals surface area contributed by atoms with Crippen molar-refractivity contribution in [2.24, 2.45) is 5.41 Å². The van der Waals surface area contributed by atoms with E-state index in [1.807, 2.05) is 0 Å². The molecule has 7 nitrogen and oxygen atoms in total. The van der Waals surface area contributed by atoms with Gasteiger partial charge in [0.15, 0.2) is 11.5 Å². The third kappa shape index (κ3) is 3.88. The van der Waals surface area contributed by atoms with E-state index in [0.29, 0.717) is 5.75 Å². The predicted molar refractivity (Wildman–Crippen MR) is 114 cm³/mol. The number of ether oxygens (including phenoxy) is 4. The Bertz CT molecular complexity index is 870. The average molecular weight is 432 g/mol. The molecule has 3 aliphatic rings. The second kappa shape index (κ2) is 8.34. The van der Waals surface area contributed by atoms with Crippen molar-refractivity contribution in [1.29, 1.82) is 0 Å². The van der Waals surface area contributed by atoms with Crippen LogP contribution in [0.1, 0.15) is 63.6 Å². The number of methoxy groups -OCH3 is 2. The van der Waals surface area contributed by atoms with E-state index in [4.69, 9.17) is 18.9 Å². The van der Waals surface area contributed by atoms with Crippen LogP contribution in [0.15, 0.2) is 12.1 Å². The number of piperidine rings is 1. The van der Waals surface area contributed by atoms with Gasteiger partial charge in [0, 0.05) is 50.7 Å². The van der Waals surface area contributed by atoms with Gasteiger partial charge < -0.3 is 18.9 Å². The van der Waals surface area contributed by atoms with E-state index in [0.717, 1.165) is 44.4 Å². The summed E-state index contributed by atoms with van der Waals surface area (Å²) >= 11 is 0. The fraction of sp³-hybridized carbons (Fsp3) is 0.667. The standard InChI is InChI=1S/C24H33NO6/c1-14(26)30-17-6-8-24(3)22(11-17)25-9-7-16-10-20(28-4)21(29-5)12-18(16)19(25)13-23(24)31-15(2)27/h10,12,17,19,22-23H,6-9,11,13H2,1-5H3/t17-,19+,22?,23+,24+/m0/s1. The minimum atomic E-state index is -0.246. The van der Waals surface area contributed by atoms with Crippen LogP contribution in [0.4, 0.5) is 0 Å². The van der Waals surface area contributed by atoms with E-state index in [1.54, 1.807) is 14.2 Å². The van der Waals surface area contributed by atoms with Crippen LogP contribution in [0.25, 0.3) is 0 Å². The van der Waals surface area contributed by atoms with E-state index in [-0.39, 0.29) is 41.6 Å². The third-order valence-electron chi connectivity index (χ3n) is 7.51. The van der Waals surface area contributed by atoms with Crippen molar-refractivity contribution in [2.45, 2.75) is 77.2 Å². The van der Waals surface area contributed by atoms with E-state index >= 15 is 0 Å². The Morgan fingerprint density at radius 1 is 1.03 bits per heavy atom. The predicted octanol–water partition coefficient (Wildman–Crippen LogP) is 3.43. The summed E-state index contributed by atoms with van der Waals surface area (Å²) in [6, 6.07) is 4.42. The van der Waals surface area contributed by atoms with Crippen molar-refractivity contribution < 1.29 is 28.5 Å². The van der Waals surface area contributed by atoms with Gasteiger partial charge >= 0.3 is 11.9 Å². The number of esters is 2. The van der Waals surface area contributed by atoms with Crippen LogP contribution in [-0.4, -0.2) is 55.9 Å². The highest BCUT2D eigenvalue weighted by Crippen LogP contribution is 2.54. The van der Waals surface area contributed by atoms with Crippen molar-refractivity contribution in [3.05, 3.63) is 23.3 Å². The summed E-state index contributed by atoms with van der Waals surface area (Å²) in [5.41, 5.74) is 2.28. The quantitative estimate of drug-likeness (QED) is 0.676. The maximum Gasteiger partial charge on any atom is 0.302 e. The lowest BCUT2D eigenvalue weighted by molar-refractivity contribution is -0.185. The monoisotopic (exact) mass is 431 g/mol. The smallest absolute Gasteiger partial charge is 0.302 e. The lowest BCUT2D eigenvalue weighted by Gasteiger charge is -2.59. The Morgan fingerprint density at radius 2 is 1.71 bits per heavy atom. The zero-order valence-corrected chi connectivity index (χ0v) is 19.1. The van der Waals surface area contributed by atoms with Crippen LogP contribution in [0.3, 0.4) is 0 Å². The first-order chi connectivity index (χ1) is 14.8. The first kappa shape index (κ1) is 21.9. The van der Waals surface area contributed by atoms with Gasteiger partial charge in [0.05, 0.1) is 14.2 Å². The highest BCUT2D eigenvalue weighted by molar-refractivity contribution is 5.66. The van der Waals surface area contributed by atoms with E-state index in [2.05, 4.69) is 24.0 Å². The number of rotatable bonds is 4. The number of carbonyl (C=O) groups excluding carboxylic acids is 2. The van der Waals surface area contributed by atoms with Gasteiger partial charge in [-0.05, 0) is 42.5 Å². The summed E-state index contributed by atoms with van der Waals surface area (Å²) in [6.07, 6.45) is 3.78. The molecule has 1 unspecified atom stereocenters. The molecule has 1 aromatic rings. The Balaban J connectivity index is 1.73. The SMILES string of the molecule is COc1cc2c(cc1OC)[C@H]1C[C@@H](OC(C)=O)[C@]3(C)CC[C@H](OC(C)=O)CC3N1CC2. The summed E-state index contributed by atoms with van der Waals surface area (Å²) < 4.78 is 22.6. The number of hydrogen-bond acceptors (Lipinski definition) is 7. The first-order valence-corrected chi connectivity index (χ1v) is 11.1. The van der Waals surface area contributed by atoms with Crippen LogP contribution in [-0.2, 0) is 25.5 Å². The summed E-state index contributed by atoms with van der Waals surface area (Å²) in [6.45, 7) is 6.09. The van der Waals surface area contributed by atoms with Crippen molar-refractivity contribution in [2.75, 3.05) is 20.8 Å². The van der Waals surface area contributed by atoms with Gasteiger partial charge in [-0.1, -0.05) is 6.92 Å². The largest absolute Gasteiger partial charge is 0.493 e. The molecule has 4 rings (SSSR count). The zero-order valence-electron chi connectivity index (χ0n) is 19.1. The van der Waals surface area contributed by atoms with Crippen LogP contribution in [0.2, 0.25) is 0 Å². The molecule has 2 fully saturated rings. The highest BCUT2D eigenvalue weighted by atomic mass is 16.5. The van der Waals surface area contributed by atoms with E-state index in [1.165, 1.54) is 25.0 Å². The number of fused-ring (bicyclic) bond motifs is 5. The molecule has 2 heterocycles. The van der Waals surface area contributed by atoms with Gasteiger partial charge in [0.25, 0.3) is 0 Å². The maximum atomic E-state index is 12.0. The molecule has 0 bridgehead atoms. The third-order valence-corrected chi connectivity index (χ3v) is 7.51. The maximum absolute atomic E-state index is 12.0. The van der Waals surface area contributed by atoms with Gasteiger partial charge in [0.1, 0.15) is 12.2 Å². The highest BCUT2D eigenvalue weighted by Gasteiger charge is 2.56. The fourth-order valence-corrected chi connectivity index (χ4v) is 6.04. The molecular weight excluding hydrogens is 398 g/mol. The molecule has 1 aromatic carbocycles. The molecule has 7 heteroatoms. The molecule has 1 saturated carbocycles. The van der Waals surface area contributed by atoms with Crippen LogP contribution in [0.5, 0.6) is 11.5 Å².